The van der Waals surface area contributed by atoms with Crippen molar-refractivity contribution in [2.75, 3.05) is 26.3 Å². The molecule has 1 aliphatic heterocycles. The minimum Gasteiger partial charge on any atom is -0.373 e. The number of benzene rings is 1. The second kappa shape index (κ2) is 9.55. The number of halogens is 2. The predicted molar refractivity (Wildman–Crippen MR) is 107 cm³/mol. The molecule has 0 unspecified atom stereocenters. The molecule has 0 spiro atoms. The number of ether oxygens (including phenoxy) is 2. The highest BCUT2D eigenvalue weighted by Crippen LogP contribution is 2.37. The van der Waals surface area contributed by atoms with E-state index in [9.17, 15) is 9.59 Å². The zero-order valence-electron chi connectivity index (χ0n) is 15.7. The fraction of sp³-hybridized carbons (Fsp3) is 0.600. The molecule has 6 nitrogen and oxygen atoms in total. The van der Waals surface area contributed by atoms with E-state index in [1.807, 2.05) is 11.0 Å². The van der Waals surface area contributed by atoms with E-state index >= 15 is 0 Å². The van der Waals surface area contributed by atoms with Crippen molar-refractivity contribution in [2.45, 2.75) is 43.9 Å². The van der Waals surface area contributed by atoms with E-state index in [1.54, 1.807) is 12.1 Å². The minimum absolute atomic E-state index is 0.0461. The molecule has 8 heteroatoms. The Morgan fingerprint density at radius 1 is 1.29 bits per heavy atom. The van der Waals surface area contributed by atoms with Crippen LogP contribution in [0, 0.1) is 5.92 Å². The number of rotatable bonds is 8. The van der Waals surface area contributed by atoms with E-state index in [1.165, 1.54) is 0 Å². The van der Waals surface area contributed by atoms with Crippen molar-refractivity contribution >= 4 is 35.4 Å². The molecule has 1 aromatic carbocycles. The number of carbonyl (C=O) groups is 2. The van der Waals surface area contributed by atoms with Crippen molar-refractivity contribution in [1.29, 1.82) is 0 Å². The Labute approximate surface area is 175 Å². The zero-order valence-corrected chi connectivity index (χ0v) is 17.3. The maximum absolute atomic E-state index is 12.7. The van der Waals surface area contributed by atoms with Crippen LogP contribution in [0.5, 0.6) is 0 Å². The SMILES string of the molecule is NC1(COCC=O)CC(C(=O)N2CCC(OCc3ccc(Cl)cc3Cl)CC2)C1. The molecule has 0 bridgehead atoms. The summed E-state index contributed by atoms with van der Waals surface area (Å²) in [6.45, 7) is 2.18. The molecule has 3 rings (SSSR count). The lowest BCUT2D eigenvalue weighted by Gasteiger charge is -2.46. The van der Waals surface area contributed by atoms with Crippen molar-refractivity contribution in [3.05, 3.63) is 33.8 Å². The molecule has 28 heavy (non-hydrogen) atoms. The fourth-order valence-corrected chi connectivity index (χ4v) is 4.33. The van der Waals surface area contributed by atoms with Crippen LogP contribution >= 0.6 is 23.2 Å². The second-order valence-corrected chi connectivity index (χ2v) is 8.56. The van der Waals surface area contributed by atoms with E-state index in [4.69, 9.17) is 38.4 Å². The minimum atomic E-state index is -0.484. The first-order valence-corrected chi connectivity index (χ1v) is 10.3. The van der Waals surface area contributed by atoms with Crippen molar-refractivity contribution in [2.24, 2.45) is 11.7 Å². The van der Waals surface area contributed by atoms with Crippen LogP contribution in [0.15, 0.2) is 18.2 Å². The molecule has 0 aromatic heterocycles. The summed E-state index contributed by atoms with van der Waals surface area (Å²) in [6.07, 6.45) is 3.65. The van der Waals surface area contributed by atoms with Crippen LogP contribution < -0.4 is 5.73 Å². The van der Waals surface area contributed by atoms with Gasteiger partial charge in [0.2, 0.25) is 5.91 Å². The number of hydrogen-bond donors (Lipinski definition) is 1. The molecule has 1 aliphatic carbocycles. The van der Waals surface area contributed by atoms with Gasteiger partial charge in [0.05, 0.1) is 19.3 Å². The first-order chi connectivity index (χ1) is 13.4. The van der Waals surface area contributed by atoms with Gasteiger partial charge in [-0.05, 0) is 43.4 Å². The predicted octanol–water partition coefficient (Wildman–Crippen LogP) is 2.82. The number of aldehydes is 1. The molecule has 2 aliphatic rings. The summed E-state index contributed by atoms with van der Waals surface area (Å²) in [5, 5.41) is 1.21. The van der Waals surface area contributed by atoms with Gasteiger partial charge in [-0.25, -0.2) is 0 Å². The van der Waals surface area contributed by atoms with Gasteiger partial charge in [0.15, 0.2) is 0 Å². The van der Waals surface area contributed by atoms with Gasteiger partial charge in [-0.1, -0.05) is 29.3 Å². The summed E-state index contributed by atoms with van der Waals surface area (Å²) in [5.41, 5.74) is 6.62. The van der Waals surface area contributed by atoms with Crippen LogP contribution in [0.4, 0.5) is 0 Å². The van der Waals surface area contributed by atoms with Crippen molar-refractivity contribution < 1.29 is 19.1 Å². The summed E-state index contributed by atoms with van der Waals surface area (Å²) in [4.78, 5) is 24.9. The number of piperidine rings is 1. The highest BCUT2D eigenvalue weighted by Gasteiger charge is 2.46. The maximum Gasteiger partial charge on any atom is 0.225 e. The fourth-order valence-electron chi connectivity index (χ4n) is 3.87. The smallest absolute Gasteiger partial charge is 0.225 e. The number of carbonyl (C=O) groups excluding carboxylic acids is 2. The van der Waals surface area contributed by atoms with Crippen molar-refractivity contribution in [3.8, 4) is 0 Å². The summed E-state index contributed by atoms with van der Waals surface area (Å²) in [5.74, 6) is 0.117. The third-order valence-electron chi connectivity index (χ3n) is 5.47. The topological polar surface area (TPSA) is 81.9 Å². The Balaban J connectivity index is 1.38. The van der Waals surface area contributed by atoms with E-state index in [0.29, 0.717) is 55.5 Å². The van der Waals surface area contributed by atoms with Crippen LogP contribution in [0.25, 0.3) is 0 Å². The largest absolute Gasteiger partial charge is 0.373 e. The average molecular weight is 429 g/mol. The van der Waals surface area contributed by atoms with E-state index in [0.717, 1.165) is 18.4 Å². The number of likely N-dealkylation sites (tertiary alicyclic amines) is 1. The van der Waals surface area contributed by atoms with Gasteiger partial charge in [0, 0.05) is 34.6 Å². The van der Waals surface area contributed by atoms with Crippen LogP contribution in [0.2, 0.25) is 10.0 Å². The monoisotopic (exact) mass is 428 g/mol. The average Bonchev–Trinajstić information content (AvgIpc) is 2.65. The van der Waals surface area contributed by atoms with Crippen LogP contribution in [-0.2, 0) is 25.7 Å². The molecule has 1 heterocycles. The summed E-state index contributed by atoms with van der Waals surface area (Å²) in [7, 11) is 0. The molecular formula is C20H26Cl2N2O4. The summed E-state index contributed by atoms with van der Waals surface area (Å²) < 4.78 is 11.2. The first-order valence-electron chi connectivity index (χ1n) is 9.55. The molecule has 2 fully saturated rings. The number of nitrogens with two attached hydrogens (primary N) is 1. The lowest BCUT2D eigenvalue weighted by molar-refractivity contribution is -0.145. The zero-order chi connectivity index (χ0) is 20.1. The molecule has 1 amide bonds. The molecular weight excluding hydrogens is 403 g/mol. The second-order valence-electron chi connectivity index (χ2n) is 7.72. The van der Waals surface area contributed by atoms with Gasteiger partial charge in [-0.15, -0.1) is 0 Å². The van der Waals surface area contributed by atoms with Gasteiger partial charge in [-0.2, -0.15) is 0 Å². The quantitative estimate of drug-likeness (QED) is 0.508. The third kappa shape index (κ3) is 5.45. The highest BCUT2D eigenvalue weighted by atomic mass is 35.5. The summed E-state index contributed by atoms with van der Waals surface area (Å²) >= 11 is 12.1. The molecule has 0 radical (unpaired) electrons. The first kappa shape index (κ1) is 21.5. The maximum atomic E-state index is 12.7. The highest BCUT2D eigenvalue weighted by molar-refractivity contribution is 6.35. The van der Waals surface area contributed by atoms with E-state index in [-0.39, 0.29) is 24.5 Å². The van der Waals surface area contributed by atoms with Gasteiger partial charge in [-0.3, -0.25) is 4.79 Å². The van der Waals surface area contributed by atoms with Crippen molar-refractivity contribution in [3.63, 3.8) is 0 Å². The Morgan fingerprint density at radius 2 is 2.00 bits per heavy atom. The molecule has 1 saturated heterocycles. The standard InChI is InChI=1S/C20H26Cl2N2O4/c21-16-2-1-14(18(22)9-16)12-28-17-3-5-24(6-4-17)19(26)15-10-20(23,11-15)13-27-8-7-25/h1-2,7,9,15,17H,3-6,8,10-13,23H2. The Kier molecular flexibility index (Phi) is 7.34. The molecule has 0 atom stereocenters. The lowest BCUT2D eigenvalue weighted by Crippen LogP contribution is -2.59. The van der Waals surface area contributed by atoms with Gasteiger partial charge in [0.1, 0.15) is 12.9 Å². The molecule has 1 saturated carbocycles. The Morgan fingerprint density at radius 3 is 2.64 bits per heavy atom. The van der Waals surface area contributed by atoms with Gasteiger partial charge < -0.3 is 24.9 Å². The van der Waals surface area contributed by atoms with Gasteiger partial charge in [0.25, 0.3) is 0 Å². The molecule has 154 valence electrons. The number of amides is 1. The van der Waals surface area contributed by atoms with Gasteiger partial charge >= 0.3 is 0 Å². The Hall–Kier alpha value is -1.18. The van der Waals surface area contributed by atoms with E-state index in [2.05, 4.69) is 0 Å². The molecule has 1 aromatic rings. The van der Waals surface area contributed by atoms with Crippen LogP contribution in [0.3, 0.4) is 0 Å². The van der Waals surface area contributed by atoms with Crippen LogP contribution in [-0.4, -0.2) is 55.0 Å². The Bertz CT molecular complexity index is 701. The molecule has 2 N–H and O–H groups in total. The lowest BCUT2D eigenvalue weighted by atomic mass is 9.68. The number of nitrogens with zero attached hydrogens (tertiary/aromatic N) is 1. The number of hydrogen-bond acceptors (Lipinski definition) is 5. The third-order valence-corrected chi connectivity index (χ3v) is 6.06. The summed E-state index contributed by atoms with van der Waals surface area (Å²) in [6, 6.07) is 5.38. The normalized spacial score (nSPS) is 25.4. The van der Waals surface area contributed by atoms with Crippen molar-refractivity contribution in [1.82, 2.24) is 4.90 Å². The van der Waals surface area contributed by atoms with Crippen LogP contribution in [0.1, 0.15) is 31.2 Å². The van der Waals surface area contributed by atoms with E-state index < -0.39 is 5.54 Å².